The fourth-order valence-electron chi connectivity index (χ4n) is 2.97. The summed E-state index contributed by atoms with van der Waals surface area (Å²) in [4.78, 5) is 11.7. The molecule has 0 saturated heterocycles. The minimum atomic E-state index is 0.104. The van der Waals surface area contributed by atoms with E-state index in [2.05, 4.69) is 29.6 Å². The molecule has 0 aromatic heterocycles. The van der Waals surface area contributed by atoms with E-state index in [0.29, 0.717) is 24.9 Å². The van der Waals surface area contributed by atoms with Crippen LogP contribution in [0.15, 0.2) is 30.3 Å². The molecule has 1 aliphatic rings. The molecule has 1 saturated carbocycles. The van der Waals surface area contributed by atoms with E-state index in [4.69, 9.17) is 5.73 Å². The van der Waals surface area contributed by atoms with Gasteiger partial charge >= 0.3 is 0 Å². The van der Waals surface area contributed by atoms with Crippen LogP contribution in [0.4, 0.5) is 0 Å². The number of rotatable bonds is 5. The lowest BCUT2D eigenvalue weighted by Crippen LogP contribution is -2.43. The summed E-state index contributed by atoms with van der Waals surface area (Å²) in [5.41, 5.74) is 6.80. The summed E-state index contributed by atoms with van der Waals surface area (Å²) in [6.45, 7) is 0.432. The Kier molecular flexibility index (Phi) is 5.40. The predicted octanol–water partition coefficient (Wildman–Crippen LogP) is 2.25. The Balaban J connectivity index is 1.94. The molecule has 0 bridgehead atoms. The van der Waals surface area contributed by atoms with E-state index in [9.17, 15) is 4.79 Å². The van der Waals surface area contributed by atoms with Crippen molar-refractivity contribution in [3.8, 4) is 0 Å². The topological polar surface area (TPSA) is 55.1 Å². The lowest BCUT2D eigenvalue weighted by Gasteiger charge is -2.32. The molecule has 0 heterocycles. The Labute approximate surface area is 115 Å². The Morgan fingerprint density at radius 3 is 2.68 bits per heavy atom. The van der Waals surface area contributed by atoms with E-state index in [-0.39, 0.29) is 5.91 Å². The van der Waals surface area contributed by atoms with E-state index in [1.165, 1.54) is 24.8 Å². The van der Waals surface area contributed by atoms with Gasteiger partial charge in [0, 0.05) is 19.0 Å². The summed E-state index contributed by atoms with van der Waals surface area (Å²) in [5, 5.41) is 3.17. The molecule has 2 rings (SSSR count). The first-order chi connectivity index (χ1) is 9.29. The van der Waals surface area contributed by atoms with Gasteiger partial charge in [-0.3, -0.25) is 4.79 Å². The number of hydrogen-bond acceptors (Lipinski definition) is 2. The first-order valence-corrected chi connectivity index (χ1v) is 7.33. The first kappa shape index (κ1) is 14.1. The Hall–Kier alpha value is -1.35. The summed E-state index contributed by atoms with van der Waals surface area (Å²) in [7, 11) is 0. The average molecular weight is 260 g/mol. The molecule has 0 radical (unpaired) electrons. The highest BCUT2D eigenvalue weighted by atomic mass is 16.1. The molecule has 0 spiro atoms. The van der Waals surface area contributed by atoms with Crippen LogP contribution in [0.1, 0.15) is 37.7 Å². The zero-order valence-corrected chi connectivity index (χ0v) is 11.5. The van der Waals surface area contributed by atoms with Gasteiger partial charge < -0.3 is 11.1 Å². The molecule has 0 aliphatic heterocycles. The van der Waals surface area contributed by atoms with Gasteiger partial charge in [-0.15, -0.1) is 0 Å². The molecule has 1 aromatic carbocycles. The largest absolute Gasteiger partial charge is 0.353 e. The smallest absolute Gasteiger partial charge is 0.221 e. The van der Waals surface area contributed by atoms with E-state index < -0.39 is 0 Å². The zero-order valence-electron chi connectivity index (χ0n) is 11.5. The van der Waals surface area contributed by atoms with Crippen LogP contribution in [-0.4, -0.2) is 18.5 Å². The molecular weight excluding hydrogens is 236 g/mol. The predicted molar refractivity (Wildman–Crippen MR) is 77.7 cm³/mol. The third-order valence-electron chi connectivity index (χ3n) is 3.97. The molecule has 1 aliphatic carbocycles. The van der Waals surface area contributed by atoms with Crippen molar-refractivity contribution in [2.24, 2.45) is 11.7 Å². The van der Waals surface area contributed by atoms with Crippen LogP contribution < -0.4 is 11.1 Å². The highest BCUT2D eigenvalue weighted by Crippen LogP contribution is 2.27. The van der Waals surface area contributed by atoms with E-state index in [1.54, 1.807) is 0 Å². The standard InChI is InChI=1S/C16H24N2O/c17-11-10-16(19)18-15-9-5-4-8-14(15)12-13-6-2-1-3-7-13/h1-3,6-7,14-15H,4-5,8-12,17H2,(H,18,19). The number of nitrogens with two attached hydrogens (primary N) is 1. The second kappa shape index (κ2) is 7.29. The minimum Gasteiger partial charge on any atom is -0.353 e. The van der Waals surface area contributed by atoms with Gasteiger partial charge in [-0.2, -0.15) is 0 Å². The molecular formula is C16H24N2O. The molecule has 2 unspecified atom stereocenters. The number of hydrogen-bond donors (Lipinski definition) is 2. The maximum atomic E-state index is 11.7. The van der Waals surface area contributed by atoms with Gasteiger partial charge in [-0.05, 0) is 30.7 Å². The van der Waals surface area contributed by atoms with Crippen molar-refractivity contribution in [2.45, 2.75) is 44.6 Å². The lowest BCUT2D eigenvalue weighted by molar-refractivity contribution is -0.122. The molecule has 104 valence electrons. The molecule has 1 aromatic rings. The third-order valence-corrected chi connectivity index (χ3v) is 3.97. The summed E-state index contributed by atoms with van der Waals surface area (Å²) in [6.07, 6.45) is 6.32. The van der Waals surface area contributed by atoms with E-state index >= 15 is 0 Å². The molecule has 19 heavy (non-hydrogen) atoms. The summed E-state index contributed by atoms with van der Waals surface area (Å²) >= 11 is 0. The summed E-state index contributed by atoms with van der Waals surface area (Å²) in [6, 6.07) is 10.9. The van der Waals surface area contributed by atoms with Crippen LogP contribution in [0.25, 0.3) is 0 Å². The van der Waals surface area contributed by atoms with Gasteiger partial charge in [-0.25, -0.2) is 0 Å². The molecule has 3 heteroatoms. The fourth-order valence-corrected chi connectivity index (χ4v) is 2.97. The summed E-state index contributed by atoms with van der Waals surface area (Å²) < 4.78 is 0. The SMILES string of the molecule is NCCC(=O)NC1CCCCC1Cc1ccccc1. The second-order valence-electron chi connectivity index (χ2n) is 5.45. The zero-order chi connectivity index (χ0) is 13.5. The van der Waals surface area contributed by atoms with Crippen molar-refractivity contribution < 1.29 is 4.79 Å². The lowest BCUT2D eigenvalue weighted by atomic mass is 9.80. The third kappa shape index (κ3) is 4.35. The molecule has 1 amide bonds. The number of carbonyl (C=O) groups is 1. The van der Waals surface area contributed by atoms with Gasteiger partial charge in [0.25, 0.3) is 0 Å². The normalized spacial score (nSPS) is 23.0. The van der Waals surface area contributed by atoms with Crippen molar-refractivity contribution in [3.63, 3.8) is 0 Å². The number of nitrogens with one attached hydrogen (secondary N) is 1. The van der Waals surface area contributed by atoms with Crippen LogP contribution in [-0.2, 0) is 11.2 Å². The Morgan fingerprint density at radius 1 is 1.21 bits per heavy atom. The van der Waals surface area contributed by atoms with Crippen LogP contribution in [0.3, 0.4) is 0 Å². The highest BCUT2D eigenvalue weighted by molar-refractivity contribution is 5.76. The van der Waals surface area contributed by atoms with Crippen LogP contribution in [0.2, 0.25) is 0 Å². The molecule has 3 nitrogen and oxygen atoms in total. The summed E-state index contributed by atoms with van der Waals surface area (Å²) in [5.74, 6) is 0.672. The monoisotopic (exact) mass is 260 g/mol. The van der Waals surface area contributed by atoms with Crippen molar-refractivity contribution in [1.29, 1.82) is 0 Å². The Bertz CT molecular complexity index is 391. The van der Waals surface area contributed by atoms with Crippen molar-refractivity contribution in [2.75, 3.05) is 6.54 Å². The molecule has 2 atom stereocenters. The van der Waals surface area contributed by atoms with Crippen LogP contribution in [0, 0.1) is 5.92 Å². The highest BCUT2D eigenvalue weighted by Gasteiger charge is 2.26. The quantitative estimate of drug-likeness (QED) is 0.853. The molecule has 3 N–H and O–H groups in total. The fraction of sp³-hybridized carbons (Fsp3) is 0.562. The maximum Gasteiger partial charge on any atom is 0.221 e. The van der Waals surface area contributed by atoms with E-state index in [0.717, 1.165) is 12.8 Å². The minimum absolute atomic E-state index is 0.104. The maximum absolute atomic E-state index is 11.7. The number of benzene rings is 1. The first-order valence-electron chi connectivity index (χ1n) is 7.33. The Morgan fingerprint density at radius 2 is 1.95 bits per heavy atom. The van der Waals surface area contributed by atoms with Crippen molar-refractivity contribution in [1.82, 2.24) is 5.32 Å². The second-order valence-corrected chi connectivity index (χ2v) is 5.45. The van der Waals surface area contributed by atoms with Crippen LogP contribution in [0.5, 0.6) is 0 Å². The number of carbonyl (C=O) groups excluding carboxylic acids is 1. The van der Waals surface area contributed by atoms with E-state index in [1.807, 2.05) is 6.07 Å². The average Bonchev–Trinajstić information content (AvgIpc) is 2.42. The van der Waals surface area contributed by atoms with Gasteiger partial charge in [0.2, 0.25) is 5.91 Å². The van der Waals surface area contributed by atoms with Gasteiger partial charge in [0.05, 0.1) is 0 Å². The van der Waals surface area contributed by atoms with Crippen LogP contribution >= 0.6 is 0 Å². The number of amides is 1. The van der Waals surface area contributed by atoms with Crippen molar-refractivity contribution in [3.05, 3.63) is 35.9 Å². The van der Waals surface area contributed by atoms with Crippen molar-refractivity contribution >= 4 is 5.91 Å². The van der Waals surface area contributed by atoms with Gasteiger partial charge in [-0.1, -0.05) is 43.2 Å². The van der Waals surface area contributed by atoms with Gasteiger partial charge in [0.15, 0.2) is 0 Å². The van der Waals surface area contributed by atoms with Gasteiger partial charge in [0.1, 0.15) is 0 Å². The molecule has 1 fully saturated rings.